The van der Waals surface area contributed by atoms with Crippen LogP contribution in [0.25, 0.3) is 0 Å². The molecule has 0 fully saturated rings. The Bertz CT molecular complexity index is 676. The third-order valence-electron chi connectivity index (χ3n) is 4.71. The molecule has 25 heavy (non-hydrogen) atoms. The van der Waals surface area contributed by atoms with E-state index in [4.69, 9.17) is 4.74 Å². The van der Waals surface area contributed by atoms with Crippen molar-refractivity contribution in [3.8, 4) is 11.8 Å². The molecule has 0 saturated carbocycles. The number of esters is 1. The van der Waals surface area contributed by atoms with Crippen LogP contribution in [0.2, 0.25) is 0 Å². The SMILES string of the molecule is CC(=O)OC/C=C(\C)C(=O)C#C/C(C)=C/CC1=C(C)CCCC1(C)C. The first-order chi connectivity index (χ1) is 11.6. The third-order valence-corrected chi connectivity index (χ3v) is 4.71. The van der Waals surface area contributed by atoms with Gasteiger partial charge >= 0.3 is 5.97 Å². The highest BCUT2D eigenvalue weighted by molar-refractivity contribution is 6.08. The summed E-state index contributed by atoms with van der Waals surface area (Å²) >= 11 is 0. The molecule has 0 N–H and O–H groups in total. The second kappa shape index (κ2) is 9.42. The van der Waals surface area contributed by atoms with Crippen molar-refractivity contribution in [2.75, 3.05) is 6.61 Å². The van der Waals surface area contributed by atoms with E-state index in [2.05, 4.69) is 38.7 Å². The number of carbonyl (C=O) groups is 2. The fraction of sp³-hybridized carbons (Fsp3) is 0.545. The highest BCUT2D eigenvalue weighted by Crippen LogP contribution is 2.41. The molecule has 3 nitrogen and oxygen atoms in total. The van der Waals surface area contributed by atoms with E-state index in [1.165, 1.54) is 37.3 Å². The molecule has 0 aromatic rings. The lowest BCUT2D eigenvalue weighted by Gasteiger charge is -2.34. The molecule has 0 bridgehead atoms. The van der Waals surface area contributed by atoms with Gasteiger partial charge in [-0.15, -0.1) is 0 Å². The van der Waals surface area contributed by atoms with Crippen molar-refractivity contribution in [2.24, 2.45) is 5.41 Å². The zero-order valence-corrected chi connectivity index (χ0v) is 16.4. The van der Waals surface area contributed by atoms with Gasteiger partial charge in [0.15, 0.2) is 0 Å². The average molecular weight is 342 g/mol. The van der Waals surface area contributed by atoms with Crippen LogP contribution in [-0.2, 0) is 14.3 Å². The van der Waals surface area contributed by atoms with Gasteiger partial charge in [0.05, 0.1) is 0 Å². The summed E-state index contributed by atoms with van der Waals surface area (Å²) in [6.45, 7) is 11.9. The van der Waals surface area contributed by atoms with Crippen LogP contribution in [0.15, 0.2) is 34.4 Å². The van der Waals surface area contributed by atoms with Crippen molar-refractivity contribution in [3.63, 3.8) is 0 Å². The zero-order valence-electron chi connectivity index (χ0n) is 16.4. The van der Waals surface area contributed by atoms with Crippen LogP contribution in [0, 0.1) is 17.3 Å². The number of allylic oxidation sites excluding steroid dienone is 5. The predicted octanol–water partition coefficient (Wildman–Crippen LogP) is 4.93. The maximum atomic E-state index is 12.0. The van der Waals surface area contributed by atoms with Gasteiger partial charge in [-0.3, -0.25) is 9.59 Å². The van der Waals surface area contributed by atoms with Crippen molar-refractivity contribution < 1.29 is 14.3 Å². The Morgan fingerprint density at radius 3 is 2.44 bits per heavy atom. The maximum Gasteiger partial charge on any atom is 0.302 e. The molecule has 0 atom stereocenters. The van der Waals surface area contributed by atoms with E-state index in [1.54, 1.807) is 13.0 Å². The summed E-state index contributed by atoms with van der Waals surface area (Å²) in [5.74, 6) is 4.99. The molecule has 1 aliphatic carbocycles. The van der Waals surface area contributed by atoms with E-state index >= 15 is 0 Å². The molecule has 1 rings (SSSR count). The minimum absolute atomic E-state index is 0.103. The fourth-order valence-corrected chi connectivity index (χ4v) is 3.06. The molecule has 0 amide bonds. The van der Waals surface area contributed by atoms with Crippen LogP contribution < -0.4 is 0 Å². The lowest BCUT2D eigenvalue weighted by atomic mass is 9.71. The Morgan fingerprint density at radius 1 is 1.16 bits per heavy atom. The summed E-state index contributed by atoms with van der Waals surface area (Å²) in [6.07, 6.45) is 8.26. The van der Waals surface area contributed by atoms with E-state index in [0.29, 0.717) is 5.57 Å². The number of hydrogen-bond acceptors (Lipinski definition) is 3. The van der Waals surface area contributed by atoms with Gasteiger partial charge in [0, 0.05) is 12.5 Å². The number of ether oxygens (including phenoxy) is 1. The molecular formula is C22H30O3. The number of ketones is 1. The summed E-state index contributed by atoms with van der Waals surface area (Å²) in [7, 11) is 0. The Labute approximate surface area is 152 Å². The van der Waals surface area contributed by atoms with Gasteiger partial charge in [-0.05, 0) is 69.4 Å². The van der Waals surface area contributed by atoms with Gasteiger partial charge in [0.2, 0.25) is 5.78 Å². The summed E-state index contributed by atoms with van der Waals surface area (Å²) in [5.41, 5.74) is 4.65. The molecule has 1 aliphatic rings. The smallest absolute Gasteiger partial charge is 0.302 e. The average Bonchev–Trinajstić information content (AvgIpc) is 2.50. The standard InChI is InChI=1S/C22H30O3/c1-16(9-11-20-17(2)8-7-14-22(20,5)6)10-12-21(24)18(3)13-15-25-19(4)23/h9,13H,7-8,11,14-15H2,1-6H3/b16-9+,18-13+. The maximum absolute atomic E-state index is 12.0. The van der Waals surface area contributed by atoms with E-state index in [0.717, 1.165) is 12.0 Å². The summed E-state index contributed by atoms with van der Waals surface area (Å²) < 4.78 is 4.79. The molecule has 0 heterocycles. The summed E-state index contributed by atoms with van der Waals surface area (Å²) in [6, 6.07) is 0. The topological polar surface area (TPSA) is 43.4 Å². The van der Waals surface area contributed by atoms with E-state index in [-0.39, 0.29) is 23.8 Å². The summed E-state index contributed by atoms with van der Waals surface area (Å²) in [4.78, 5) is 22.7. The zero-order chi connectivity index (χ0) is 19.0. The van der Waals surface area contributed by atoms with Gasteiger partial charge in [0.1, 0.15) is 6.61 Å². The van der Waals surface area contributed by atoms with Crippen molar-refractivity contribution in [1.82, 2.24) is 0 Å². The Hall–Kier alpha value is -2.08. The van der Waals surface area contributed by atoms with Gasteiger partial charge in [-0.1, -0.05) is 37.0 Å². The number of rotatable bonds is 5. The van der Waals surface area contributed by atoms with Crippen molar-refractivity contribution in [3.05, 3.63) is 34.4 Å². The van der Waals surface area contributed by atoms with Crippen LogP contribution >= 0.6 is 0 Å². The first-order valence-corrected chi connectivity index (χ1v) is 8.86. The lowest BCUT2D eigenvalue weighted by Crippen LogP contribution is -2.20. The quantitative estimate of drug-likeness (QED) is 0.234. The van der Waals surface area contributed by atoms with Gasteiger partial charge in [-0.25, -0.2) is 0 Å². The molecule has 0 radical (unpaired) electrons. The molecular weight excluding hydrogens is 312 g/mol. The Morgan fingerprint density at radius 2 is 1.84 bits per heavy atom. The highest BCUT2D eigenvalue weighted by atomic mass is 16.5. The minimum atomic E-state index is -0.364. The molecule has 0 aliphatic heterocycles. The number of Topliss-reactive ketones (excluding diaryl/α,β-unsaturated/α-hetero) is 1. The van der Waals surface area contributed by atoms with Crippen LogP contribution in [0.1, 0.15) is 67.2 Å². The highest BCUT2D eigenvalue weighted by Gasteiger charge is 2.27. The molecule has 0 aromatic heterocycles. The molecule has 0 aromatic carbocycles. The van der Waals surface area contributed by atoms with Gasteiger partial charge in [0.25, 0.3) is 0 Å². The molecule has 0 spiro atoms. The fourth-order valence-electron chi connectivity index (χ4n) is 3.06. The second-order valence-corrected chi connectivity index (χ2v) is 7.36. The van der Waals surface area contributed by atoms with Crippen LogP contribution in [0.5, 0.6) is 0 Å². The van der Waals surface area contributed by atoms with Crippen molar-refractivity contribution >= 4 is 11.8 Å². The first-order valence-electron chi connectivity index (χ1n) is 8.86. The second-order valence-electron chi connectivity index (χ2n) is 7.36. The van der Waals surface area contributed by atoms with Crippen LogP contribution in [0.4, 0.5) is 0 Å². The van der Waals surface area contributed by atoms with Gasteiger partial charge in [-0.2, -0.15) is 0 Å². The first kappa shape index (κ1) is 21.0. The van der Waals surface area contributed by atoms with Gasteiger partial charge < -0.3 is 4.74 Å². The largest absolute Gasteiger partial charge is 0.462 e. The normalized spacial score (nSPS) is 17.7. The van der Waals surface area contributed by atoms with E-state index in [1.807, 2.05) is 6.92 Å². The predicted molar refractivity (Wildman–Crippen MR) is 102 cm³/mol. The van der Waals surface area contributed by atoms with Crippen LogP contribution in [0.3, 0.4) is 0 Å². The van der Waals surface area contributed by atoms with E-state index in [9.17, 15) is 9.59 Å². The minimum Gasteiger partial charge on any atom is -0.462 e. The van der Waals surface area contributed by atoms with E-state index < -0.39 is 0 Å². The van der Waals surface area contributed by atoms with Crippen molar-refractivity contribution in [1.29, 1.82) is 0 Å². The molecule has 0 unspecified atom stereocenters. The molecule has 136 valence electrons. The monoisotopic (exact) mass is 342 g/mol. The van der Waals surface area contributed by atoms with Crippen LogP contribution in [-0.4, -0.2) is 18.4 Å². The number of hydrogen-bond donors (Lipinski definition) is 0. The number of carbonyl (C=O) groups excluding carboxylic acids is 2. The molecule has 0 saturated heterocycles. The molecule has 3 heteroatoms. The summed E-state index contributed by atoms with van der Waals surface area (Å²) in [5, 5.41) is 0. The lowest BCUT2D eigenvalue weighted by molar-refractivity contribution is -0.139. The Kier molecular flexibility index (Phi) is 7.90. The third kappa shape index (κ3) is 7.13. The Balaban J connectivity index is 2.71. The van der Waals surface area contributed by atoms with Crippen molar-refractivity contribution in [2.45, 2.75) is 67.2 Å².